The molecule has 1 aliphatic rings. The quantitative estimate of drug-likeness (QED) is 0.904. The molecule has 0 atom stereocenters. The Morgan fingerprint density at radius 1 is 1.17 bits per heavy atom. The van der Waals surface area contributed by atoms with Crippen molar-refractivity contribution in [3.63, 3.8) is 0 Å². The number of carbonyl (C=O) groups is 1. The molecular weight excluding hydrogens is 250 g/mol. The van der Waals surface area contributed by atoms with Crippen LogP contribution in [0.3, 0.4) is 0 Å². The van der Waals surface area contributed by atoms with Crippen molar-refractivity contribution in [1.29, 1.82) is 0 Å². The molecule has 0 aliphatic carbocycles. The van der Waals surface area contributed by atoms with Crippen LogP contribution in [0, 0.1) is 0 Å². The summed E-state index contributed by atoms with van der Waals surface area (Å²) in [6.07, 6.45) is 1.01. The summed E-state index contributed by atoms with van der Waals surface area (Å²) in [7, 11) is 0. The van der Waals surface area contributed by atoms with Crippen molar-refractivity contribution in [3.05, 3.63) is 34.9 Å². The largest absolute Gasteiger partial charge is 0.351 e. The number of piperazine rings is 1. The highest BCUT2D eigenvalue weighted by Gasteiger charge is 2.18. The first-order chi connectivity index (χ1) is 8.65. The van der Waals surface area contributed by atoms with Gasteiger partial charge in [0.1, 0.15) is 0 Å². The number of rotatable bonds is 3. The number of benzene rings is 1. The van der Waals surface area contributed by atoms with Gasteiger partial charge in [-0.1, -0.05) is 23.7 Å². The Morgan fingerprint density at radius 2 is 1.78 bits per heavy atom. The molecule has 2 N–H and O–H groups in total. The van der Waals surface area contributed by atoms with E-state index in [9.17, 15) is 4.79 Å². The SMILES string of the molecule is NC(=O)N1CCN(CCc2ccc(Cl)cc2)CC1. The molecule has 0 aromatic heterocycles. The van der Waals surface area contributed by atoms with Crippen LogP contribution in [0.5, 0.6) is 0 Å². The number of halogens is 1. The predicted octanol–water partition coefficient (Wildman–Crippen LogP) is 1.58. The van der Waals surface area contributed by atoms with Gasteiger partial charge >= 0.3 is 6.03 Å². The summed E-state index contributed by atoms with van der Waals surface area (Å²) in [5.74, 6) is 0. The minimum absolute atomic E-state index is 0.313. The Labute approximate surface area is 112 Å². The average Bonchev–Trinajstić information content (AvgIpc) is 2.38. The molecule has 2 amide bonds. The van der Waals surface area contributed by atoms with Gasteiger partial charge in [0, 0.05) is 37.7 Å². The van der Waals surface area contributed by atoms with Gasteiger partial charge in [0.2, 0.25) is 0 Å². The van der Waals surface area contributed by atoms with Crippen LogP contribution in [0.15, 0.2) is 24.3 Å². The number of primary amides is 1. The normalized spacial score (nSPS) is 16.8. The van der Waals surface area contributed by atoms with Gasteiger partial charge in [-0.2, -0.15) is 0 Å². The lowest BCUT2D eigenvalue weighted by Crippen LogP contribution is -2.50. The van der Waals surface area contributed by atoms with E-state index in [1.165, 1.54) is 5.56 Å². The predicted molar refractivity (Wildman–Crippen MR) is 72.8 cm³/mol. The maximum atomic E-state index is 11.0. The van der Waals surface area contributed by atoms with E-state index in [0.29, 0.717) is 0 Å². The van der Waals surface area contributed by atoms with E-state index in [-0.39, 0.29) is 6.03 Å². The Balaban J connectivity index is 1.75. The van der Waals surface area contributed by atoms with E-state index in [1.54, 1.807) is 4.90 Å². The van der Waals surface area contributed by atoms with Gasteiger partial charge in [0.05, 0.1) is 0 Å². The third-order valence-corrected chi connectivity index (χ3v) is 3.57. The number of hydrogen-bond acceptors (Lipinski definition) is 2. The smallest absolute Gasteiger partial charge is 0.314 e. The molecule has 1 aliphatic heterocycles. The zero-order valence-corrected chi connectivity index (χ0v) is 11.1. The maximum Gasteiger partial charge on any atom is 0.314 e. The van der Waals surface area contributed by atoms with E-state index in [4.69, 9.17) is 17.3 Å². The average molecular weight is 268 g/mol. The van der Waals surface area contributed by atoms with E-state index in [2.05, 4.69) is 17.0 Å². The highest BCUT2D eigenvalue weighted by Crippen LogP contribution is 2.11. The second-order valence-electron chi connectivity index (χ2n) is 4.54. The molecule has 2 rings (SSSR count). The monoisotopic (exact) mass is 267 g/mol. The Hall–Kier alpha value is -1.26. The Kier molecular flexibility index (Phi) is 4.44. The molecule has 0 spiro atoms. The third-order valence-electron chi connectivity index (χ3n) is 3.31. The lowest BCUT2D eigenvalue weighted by Gasteiger charge is -2.33. The molecule has 1 aromatic carbocycles. The molecule has 0 radical (unpaired) electrons. The van der Waals surface area contributed by atoms with E-state index < -0.39 is 0 Å². The number of nitrogens with two attached hydrogens (primary N) is 1. The van der Waals surface area contributed by atoms with Crippen LogP contribution in [0.2, 0.25) is 5.02 Å². The van der Waals surface area contributed by atoms with Gasteiger partial charge in [-0.3, -0.25) is 4.90 Å². The molecule has 1 heterocycles. The second-order valence-corrected chi connectivity index (χ2v) is 4.98. The first-order valence-electron chi connectivity index (χ1n) is 6.16. The fourth-order valence-corrected chi connectivity index (χ4v) is 2.26. The summed E-state index contributed by atoms with van der Waals surface area (Å²) in [5, 5.41) is 0.772. The van der Waals surface area contributed by atoms with Crippen molar-refractivity contribution < 1.29 is 4.79 Å². The third kappa shape index (κ3) is 3.62. The molecule has 1 saturated heterocycles. The molecule has 0 saturated carbocycles. The van der Waals surface area contributed by atoms with Crippen molar-refractivity contribution in [2.24, 2.45) is 5.73 Å². The number of carbonyl (C=O) groups excluding carboxylic acids is 1. The summed E-state index contributed by atoms with van der Waals surface area (Å²) in [6.45, 7) is 4.27. The van der Waals surface area contributed by atoms with Gasteiger partial charge in [-0.15, -0.1) is 0 Å². The molecule has 0 unspecified atom stereocenters. The first kappa shape index (κ1) is 13.2. The maximum absolute atomic E-state index is 11.0. The molecule has 1 fully saturated rings. The van der Waals surface area contributed by atoms with Gasteiger partial charge in [-0.05, 0) is 24.1 Å². The van der Waals surface area contributed by atoms with Crippen LogP contribution >= 0.6 is 11.6 Å². The number of hydrogen-bond donors (Lipinski definition) is 1. The summed E-state index contributed by atoms with van der Waals surface area (Å²) >= 11 is 5.85. The zero-order chi connectivity index (χ0) is 13.0. The lowest BCUT2D eigenvalue weighted by atomic mass is 10.1. The summed E-state index contributed by atoms with van der Waals surface area (Å²) < 4.78 is 0. The number of urea groups is 1. The van der Waals surface area contributed by atoms with Crippen LogP contribution in [0.25, 0.3) is 0 Å². The minimum Gasteiger partial charge on any atom is -0.351 e. The van der Waals surface area contributed by atoms with Gasteiger partial charge in [0.15, 0.2) is 0 Å². The van der Waals surface area contributed by atoms with Crippen LogP contribution in [-0.2, 0) is 6.42 Å². The van der Waals surface area contributed by atoms with Crippen molar-refractivity contribution >= 4 is 17.6 Å². The van der Waals surface area contributed by atoms with Crippen molar-refractivity contribution in [2.45, 2.75) is 6.42 Å². The molecule has 1 aromatic rings. The van der Waals surface area contributed by atoms with Crippen LogP contribution in [-0.4, -0.2) is 48.6 Å². The molecule has 98 valence electrons. The fourth-order valence-electron chi connectivity index (χ4n) is 2.13. The standard InChI is InChI=1S/C13H18ClN3O/c14-12-3-1-11(2-4-12)5-6-16-7-9-17(10-8-16)13(15)18/h1-4H,5-10H2,(H2,15,18). The summed E-state index contributed by atoms with van der Waals surface area (Å²) in [4.78, 5) is 15.0. The van der Waals surface area contributed by atoms with Gasteiger partial charge < -0.3 is 10.6 Å². The summed E-state index contributed by atoms with van der Waals surface area (Å²) in [5.41, 5.74) is 6.54. The van der Waals surface area contributed by atoms with Crippen LogP contribution in [0.1, 0.15) is 5.56 Å². The van der Waals surface area contributed by atoms with E-state index in [0.717, 1.165) is 44.2 Å². The van der Waals surface area contributed by atoms with Crippen LogP contribution < -0.4 is 5.73 Å². The topological polar surface area (TPSA) is 49.6 Å². The Bertz CT molecular complexity index is 399. The molecule has 0 bridgehead atoms. The van der Waals surface area contributed by atoms with E-state index >= 15 is 0 Å². The van der Waals surface area contributed by atoms with Crippen molar-refractivity contribution in [3.8, 4) is 0 Å². The van der Waals surface area contributed by atoms with E-state index in [1.807, 2.05) is 12.1 Å². The van der Waals surface area contributed by atoms with Crippen molar-refractivity contribution in [2.75, 3.05) is 32.7 Å². The second kappa shape index (κ2) is 6.07. The molecule has 4 nitrogen and oxygen atoms in total. The number of nitrogens with zero attached hydrogens (tertiary/aromatic N) is 2. The highest BCUT2D eigenvalue weighted by atomic mass is 35.5. The van der Waals surface area contributed by atoms with Crippen molar-refractivity contribution in [1.82, 2.24) is 9.80 Å². The first-order valence-corrected chi connectivity index (χ1v) is 6.54. The van der Waals surface area contributed by atoms with Crippen LogP contribution in [0.4, 0.5) is 4.79 Å². The number of amides is 2. The molecule has 5 heteroatoms. The molecular formula is C13H18ClN3O. The zero-order valence-electron chi connectivity index (χ0n) is 10.3. The lowest BCUT2D eigenvalue weighted by molar-refractivity contribution is 0.146. The molecule has 18 heavy (non-hydrogen) atoms. The van der Waals surface area contributed by atoms with Gasteiger partial charge in [-0.25, -0.2) is 4.79 Å². The summed E-state index contributed by atoms with van der Waals surface area (Å²) in [6, 6.07) is 7.64. The Morgan fingerprint density at radius 3 is 2.33 bits per heavy atom. The fraction of sp³-hybridized carbons (Fsp3) is 0.462. The minimum atomic E-state index is -0.313. The van der Waals surface area contributed by atoms with Gasteiger partial charge in [0.25, 0.3) is 0 Å². The highest BCUT2D eigenvalue weighted by molar-refractivity contribution is 6.30.